The highest BCUT2D eigenvalue weighted by atomic mass is 16.7. The molecule has 14 nitrogen and oxygen atoms in total. The van der Waals surface area contributed by atoms with Gasteiger partial charge in [-0.2, -0.15) is 0 Å². The van der Waals surface area contributed by atoms with Crippen molar-refractivity contribution in [1.29, 1.82) is 0 Å². The molecule has 2 saturated heterocycles. The number of unbranched alkanes of at least 4 members (excludes halogenated alkanes) is 37. The second kappa shape index (κ2) is 46.0. The van der Waals surface area contributed by atoms with Crippen LogP contribution in [0, 0.1) is 0 Å². The molecule has 73 heavy (non-hydrogen) atoms. The summed E-state index contributed by atoms with van der Waals surface area (Å²) in [5.41, 5.74) is 0. The minimum Gasteiger partial charge on any atom is -0.394 e. The highest BCUT2D eigenvalue weighted by Gasteiger charge is 2.51. The normalized spacial score (nSPS) is 25.3. The molecule has 2 fully saturated rings. The van der Waals surface area contributed by atoms with E-state index in [0.29, 0.717) is 12.8 Å². The number of nitrogens with one attached hydrogen (secondary N) is 1. The van der Waals surface area contributed by atoms with Crippen LogP contribution in [0.15, 0.2) is 0 Å². The molecule has 0 aromatic heterocycles. The van der Waals surface area contributed by atoms with E-state index in [1.165, 1.54) is 199 Å². The maximum Gasteiger partial charge on any atom is 0.220 e. The fraction of sp³-hybridized carbons (Fsp3) is 0.983. The number of aliphatic hydroxyl groups excluding tert-OH is 8. The Kier molecular flexibility index (Phi) is 42.9. The smallest absolute Gasteiger partial charge is 0.220 e. The quantitative estimate of drug-likeness (QED) is 0.0259. The van der Waals surface area contributed by atoms with Crippen LogP contribution in [0.3, 0.4) is 0 Å². The van der Waals surface area contributed by atoms with Crippen LogP contribution in [0.25, 0.3) is 0 Å². The van der Waals surface area contributed by atoms with E-state index in [2.05, 4.69) is 19.2 Å². The summed E-state index contributed by atoms with van der Waals surface area (Å²) in [4.78, 5) is 13.3. The predicted molar refractivity (Wildman–Crippen MR) is 291 cm³/mol. The highest BCUT2D eigenvalue weighted by molar-refractivity contribution is 5.76. The minimum absolute atomic E-state index is 0.199. The summed E-state index contributed by atoms with van der Waals surface area (Å²) in [6.07, 6.45) is 33.8. The lowest BCUT2D eigenvalue weighted by molar-refractivity contribution is -0.359. The summed E-state index contributed by atoms with van der Waals surface area (Å²) in [6, 6.07) is -0.822. The van der Waals surface area contributed by atoms with Crippen molar-refractivity contribution < 1.29 is 64.6 Å². The zero-order valence-electron chi connectivity index (χ0n) is 46.7. The average molecular weight is 1050 g/mol. The molecule has 2 aliphatic rings. The summed E-state index contributed by atoms with van der Waals surface area (Å²) < 4.78 is 22.9. The van der Waals surface area contributed by atoms with E-state index in [4.69, 9.17) is 18.9 Å². The zero-order valence-corrected chi connectivity index (χ0v) is 46.7. The van der Waals surface area contributed by atoms with E-state index < -0.39 is 86.8 Å². The maximum absolute atomic E-state index is 13.3. The Bertz CT molecular complexity index is 1230. The first-order chi connectivity index (χ1) is 35.6. The fourth-order valence-corrected chi connectivity index (χ4v) is 10.6. The Morgan fingerprint density at radius 3 is 1.16 bits per heavy atom. The number of carbonyl (C=O) groups is 1. The molecule has 14 heteroatoms. The highest BCUT2D eigenvalue weighted by Crippen LogP contribution is 2.30. The van der Waals surface area contributed by atoms with Gasteiger partial charge in [0.25, 0.3) is 0 Å². The molecule has 2 aliphatic heterocycles. The van der Waals surface area contributed by atoms with Gasteiger partial charge in [-0.15, -0.1) is 0 Å². The van der Waals surface area contributed by atoms with Crippen molar-refractivity contribution in [3.05, 3.63) is 0 Å². The van der Waals surface area contributed by atoms with Gasteiger partial charge in [0.2, 0.25) is 5.91 Å². The van der Waals surface area contributed by atoms with E-state index in [9.17, 15) is 45.6 Å². The second-order valence-electron chi connectivity index (χ2n) is 22.2. The third kappa shape index (κ3) is 31.9. The Labute approximate surface area is 444 Å². The molecular weight excluding hydrogens is 931 g/mol. The SMILES string of the molecule is CCCCCCCCCCCCCCCCCCCCCCCC(=O)NC(COC1OC(CO)C(OC2OC(CO)C(O)C(O)C2O)C(O)C1O)C(O)CCCCCCCCCCCCCCCCCCCC. The predicted octanol–water partition coefficient (Wildman–Crippen LogP) is 10.5. The molecule has 0 aromatic rings. The first-order valence-corrected chi connectivity index (χ1v) is 30.8. The summed E-state index contributed by atoms with van der Waals surface area (Å²) in [7, 11) is 0. The van der Waals surface area contributed by atoms with Gasteiger partial charge in [-0.05, 0) is 12.8 Å². The molecular formula is C59H115NO13. The van der Waals surface area contributed by atoms with Crippen molar-refractivity contribution in [1.82, 2.24) is 5.32 Å². The van der Waals surface area contributed by atoms with Crippen LogP contribution in [0.5, 0.6) is 0 Å². The molecule has 434 valence electrons. The maximum atomic E-state index is 13.3. The summed E-state index contributed by atoms with van der Waals surface area (Å²) in [5, 5.41) is 87.3. The van der Waals surface area contributed by atoms with Crippen molar-refractivity contribution in [2.75, 3.05) is 19.8 Å². The molecule has 0 aliphatic carbocycles. The molecule has 0 aromatic carbocycles. The molecule has 0 bridgehead atoms. The number of hydrogen-bond donors (Lipinski definition) is 9. The van der Waals surface area contributed by atoms with Gasteiger partial charge in [0, 0.05) is 6.42 Å². The number of aliphatic hydroxyl groups is 8. The van der Waals surface area contributed by atoms with Crippen LogP contribution >= 0.6 is 0 Å². The van der Waals surface area contributed by atoms with Crippen LogP contribution in [-0.4, -0.2) is 140 Å². The van der Waals surface area contributed by atoms with Crippen molar-refractivity contribution in [2.24, 2.45) is 0 Å². The van der Waals surface area contributed by atoms with Crippen molar-refractivity contribution in [3.63, 3.8) is 0 Å². The van der Waals surface area contributed by atoms with Crippen LogP contribution in [0.1, 0.15) is 277 Å². The van der Waals surface area contributed by atoms with Gasteiger partial charge in [0.1, 0.15) is 48.8 Å². The monoisotopic (exact) mass is 1050 g/mol. The van der Waals surface area contributed by atoms with Crippen molar-refractivity contribution in [3.8, 4) is 0 Å². The van der Waals surface area contributed by atoms with Crippen molar-refractivity contribution >= 4 is 5.91 Å². The number of hydrogen-bond acceptors (Lipinski definition) is 13. The molecule has 2 rings (SSSR count). The largest absolute Gasteiger partial charge is 0.394 e. The van der Waals surface area contributed by atoms with Crippen LogP contribution in [0.4, 0.5) is 0 Å². The molecule has 2 heterocycles. The third-order valence-corrected chi connectivity index (χ3v) is 15.6. The lowest BCUT2D eigenvalue weighted by atomic mass is 9.97. The van der Waals surface area contributed by atoms with Gasteiger partial charge in [-0.3, -0.25) is 4.79 Å². The number of amides is 1. The van der Waals surface area contributed by atoms with Gasteiger partial charge in [-0.1, -0.05) is 258 Å². The Morgan fingerprint density at radius 2 is 0.781 bits per heavy atom. The molecule has 0 spiro atoms. The van der Waals surface area contributed by atoms with Gasteiger partial charge < -0.3 is 65.1 Å². The number of ether oxygens (including phenoxy) is 4. The van der Waals surface area contributed by atoms with E-state index in [1.54, 1.807) is 0 Å². The van der Waals surface area contributed by atoms with Crippen molar-refractivity contribution in [2.45, 2.75) is 351 Å². The van der Waals surface area contributed by atoms with Gasteiger partial charge in [0.15, 0.2) is 12.6 Å². The molecule has 12 atom stereocenters. The lowest BCUT2D eigenvalue weighted by Crippen LogP contribution is -2.65. The van der Waals surface area contributed by atoms with Crippen LogP contribution < -0.4 is 5.32 Å². The first kappa shape index (κ1) is 68.1. The van der Waals surface area contributed by atoms with E-state index in [0.717, 1.165) is 51.4 Å². The van der Waals surface area contributed by atoms with Crippen LogP contribution in [-0.2, 0) is 23.7 Å². The molecule has 9 N–H and O–H groups in total. The lowest BCUT2D eigenvalue weighted by Gasteiger charge is -2.46. The van der Waals surface area contributed by atoms with Gasteiger partial charge in [0.05, 0.1) is 32.0 Å². The van der Waals surface area contributed by atoms with E-state index >= 15 is 0 Å². The number of carbonyl (C=O) groups excluding carboxylic acids is 1. The second-order valence-corrected chi connectivity index (χ2v) is 22.2. The Balaban J connectivity index is 1.73. The number of rotatable bonds is 50. The zero-order chi connectivity index (χ0) is 53.2. The minimum atomic E-state index is -1.78. The van der Waals surface area contributed by atoms with Gasteiger partial charge >= 0.3 is 0 Å². The fourth-order valence-electron chi connectivity index (χ4n) is 10.6. The van der Waals surface area contributed by atoms with Crippen LogP contribution in [0.2, 0.25) is 0 Å². The first-order valence-electron chi connectivity index (χ1n) is 30.8. The molecule has 0 saturated carbocycles. The third-order valence-electron chi connectivity index (χ3n) is 15.6. The van der Waals surface area contributed by atoms with E-state index in [1.807, 2.05) is 0 Å². The molecule has 0 radical (unpaired) electrons. The van der Waals surface area contributed by atoms with Gasteiger partial charge in [-0.25, -0.2) is 0 Å². The standard InChI is InChI=1S/C59H115NO13/c1-3-5-7-9-11-13-15-17-19-21-23-24-25-27-29-31-33-35-37-39-41-43-51(64)60-47(48(63)42-40-38-36-34-32-30-28-26-22-20-18-16-14-12-10-8-6-4-2)46-70-58-56(69)54(67)57(50(45-62)72-58)73-59-55(68)53(66)52(65)49(44-61)71-59/h47-50,52-59,61-63,65-69H,3-46H2,1-2H3,(H,60,64). The summed E-state index contributed by atoms with van der Waals surface area (Å²) in [5.74, 6) is -0.199. The van der Waals surface area contributed by atoms with E-state index in [-0.39, 0.29) is 12.5 Å². The molecule has 12 unspecified atom stereocenters. The average Bonchev–Trinajstić information content (AvgIpc) is 3.39. The Hall–Kier alpha value is -1.01. The topological polar surface area (TPSA) is 228 Å². The molecule has 1 amide bonds. The summed E-state index contributed by atoms with van der Waals surface area (Å²) >= 11 is 0. The Morgan fingerprint density at radius 1 is 0.438 bits per heavy atom. The summed E-state index contributed by atoms with van der Waals surface area (Å²) in [6.45, 7) is 2.91.